The number of nitrogens with one attached hydrogen (secondary N) is 2. The Morgan fingerprint density at radius 2 is 1.54 bits per heavy atom. The number of carboxylic acids is 1. The molecule has 0 aliphatic carbocycles. The summed E-state index contributed by atoms with van der Waals surface area (Å²) in [6, 6.07) is 13.7. The van der Waals surface area contributed by atoms with Crippen molar-refractivity contribution in [3.8, 4) is 5.75 Å². The van der Waals surface area contributed by atoms with Crippen LogP contribution in [-0.4, -0.2) is 36.0 Å². The van der Waals surface area contributed by atoms with E-state index in [1.54, 1.807) is 61.5 Å². The van der Waals surface area contributed by atoms with Gasteiger partial charge in [-0.15, -0.1) is 0 Å². The Hall–Kier alpha value is -3.35. The number of hydrogen-bond donors (Lipinski definition) is 3. The van der Waals surface area contributed by atoms with E-state index in [1.165, 1.54) is 14.0 Å². The minimum atomic E-state index is -1.01. The Labute approximate surface area is 163 Å². The molecule has 3 unspecified atom stereocenters. The summed E-state index contributed by atoms with van der Waals surface area (Å²) in [5.41, 5.74) is 0.971. The van der Waals surface area contributed by atoms with E-state index in [4.69, 9.17) is 9.84 Å². The highest BCUT2D eigenvalue weighted by atomic mass is 16.5. The Kier molecular flexibility index (Phi) is 7.14. The maximum Gasteiger partial charge on any atom is 0.308 e. The van der Waals surface area contributed by atoms with E-state index in [9.17, 15) is 14.4 Å². The summed E-state index contributed by atoms with van der Waals surface area (Å²) in [6.45, 7) is 3.13. The van der Waals surface area contributed by atoms with Crippen LogP contribution in [0.3, 0.4) is 0 Å². The van der Waals surface area contributed by atoms with E-state index < -0.39 is 35.8 Å². The fourth-order valence-corrected chi connectivity index (χ4v) is 2.55. The van der Waals surface area contributed by atoms with Crippen LogP contribution in [0, 0.1) is 5.92 Å². The van der Waals surface area contributed by atoms with Crippen molar-refractivity contribution in [2.45, 2.75) is 25.9 Å². The number of methoxy groups -OCH3 is 1. The third-order valence-corrected chi connectivity index (χ3v) is 4.53. The van der Waals surface area contributed by atoms with Crippen molar-refractivity contribution in [1.29, 1.82) is 0 Å². The summed E-state index contributed by atoms with van der Waals surface area (Å²) in [6.07, 6.45) is 0. The molecule has 0 saturated carbocycles. The van der Waals surface area contributed by atoms with Crippen LogP contribution in [-0.2, 0) is 9.59 Å². The van der Waals surface area contributed by atoms with Gasteiger partial charge in [-0.25, -0.2) is 0 Å². The fourth-order valence-electron chi connectivity index (χ4n) is 2.55. The van der Waals surface area contributed by atoms with Crippen LogP contribution >= 0.6 is 0 Å². The average molecular weight is 384 g/mol. The molecule has 0 saturated heterocycles. The second-order valence-electron chi connectivity index (χ2n) is 6.47. The van der Waals surface area contributed by atoms with Crippen molar-refractivity contribution in [3.05, 3.63) is 65.7 Å². The van der Waals surface area contributed by atoms with E-state index in [-0.39, 0.29) is 0 Å². The number of carbonyl (C=O) groups excluding carboxylic acids is 2. The molecule has 148 valence electrons. The summed E-state index contributed by atoms with van der Waals surface area (Å²) >= 11 is 0. The highest BCUT2D eigenvalue weighted by molar-refractivity contribution is 5.98. The van der Waals surface area contributed by atoms with E-state index in [0.717, 1.165) is 0 Å². The van der Waals surface area contributed by atoms with Gasteiger partial charge >= 0.3 is 5.97 Å². The smallest absolute Gasteiger partial charge is 0.308 e. The van der Waals surface area contributed by atoms with E-state index in [1.807, 2.05) is 0 Å². The first-order valence-corrected chi connectivity index (χ1v) is 8.86. The van der Waals surface area contributed by atoms with Crippen molar-refractivity contribution >= 4 is 17.8 Å². The molecule has 2 aromatic carbocycles. The molecule has 0 bridgehead atoms. The number of carboxylic acid groups (broad SMARTS) is 1. The minimum absolute atomic E-state index is 0.376. The first-order chi connectivity index (χ1) is 13.3. The van der Waals surface area contributed by atoms with Crippen molar-refractivity contribution in [2.75, 3.05) is 7.11 Å². The molecule has 0 aliphatic rings. The van der Waals surface area contributed by atoms with Gasteiger partial charge in [-0.05, 0) is 43.7 Å². The Bertz CT molecular complexity index is 820. The Morgan fingerprint density at radius 1 is 0.929 bits per heavy atom. The molecule has 2 aromatic rings. The number of amides is 2. The molecular formula is C21H24N2O5. The van der Waals surface area contributed by atoms with E-state index in [0.29, 0.717) is 16.9 Å². The molecule has 0 aliphatic heterocycles. The molecular weight excluding hydrogens is 360 g/mol. The molecule has 2 rings (SSSR count). The number of aliphatic carboxylic acids is 1. The molecule has 3 N–H and O–H groups in total. The SMILES string of the molecule is COc1ccc(C(=O)NC(C(=O)NC(C)C(C)C(=O)O)c2ccccc2)cc1. The predicted octanol–water partition coefficient (Wildman–Crippen LogP) is 2.39. The van der Waals surface area contributed by atoms with Crippen molar-refractivity contribution in [1.82, 2.24) is 10.6 Å². The fraction of sp³-hybridized carbons (Fsp3) is 0.286. The van der Waals surface area contributed by atoms with E-state index >= 15 is 0 Å². The first kappa shape index (κ1) is 21.0. The van der Waals surface area contributed by atoms with E-state index in [2.05, 4.69) is 10.6 Å². The zero-order chi connectivity index (χ0) is 20.7. The molecule has 7 heteroatoms. The second-order valence-corrected chi connectivity index (χ2v) is 6.47. The summed E-state index contributed by atoms with van der Waals surface area (Å²) in [5, 5.41) is 14.5. The lowest BCUT2D eigenvalue weighted by atomic mass is 10.0. The maximum atomic E-state index is 12.8. The third-order valence-electron chi connectivity index (χ3n) is 4.53. The van der Waals surface area contributed by atoms with Gasteiger partial charge in [-0.2, -0.15) is 0 Å². The van der Waals surface area contributed by atoms with Gasteiger partial charge in [0.25, 0.3) is 5.91 Å². The lowest BCUT2D eigenvalue weighted by Crippen LogP contribution is -2.46. The first-order valence-electron chi connectivity index (χ1n) is 8.86. The topological polar surface area (TPSA) is 105 Å². The van der Waals surface area contributed by atoms with Crippen molar-refractivity contribution in [3.63, 3.8) is 0 Å². The maximum absolute atomic E-state index is 12.8. The summed E-state index contributed by atoms with van der Waals surface area (Å²) in [4.78, 5) is 36.6. The highest BCUT2D eigenvalue weighted by Crippen LogP contribution is 2.17. The average Bonchev–Trinajstić information content (AvgIpc) is 2.71. The summed E-state index contributed by atoms with van der Waals surface area (Å²) in [5.74, 6) is -2.06. The molecule has 0 heterocycles. The van der Waals surface area contributed by atoms with Crippen molar-refractivity contribution < 1.29 is 24.2 Å². The van der Waals surface area contributed by atoms with Crippen LogP contribution in [0.5, 0.6) is 5.75 Å². The van der Waals surface area contributed by atoms with Crippen LogP contribution in [0.2, 0.25) is 0 Å². The molecule has 0 aromatic heterocycles. The van der Waals surface area contributed by atoms with Crippen LogP contribution in [0.4, 0.5) is 0 Å². The number of rotatable bonds is 8. The minimum Gasteiger partial charge on any atom is -0.497 e. The summed E-state index contributed by atoms with van der Waals surface area (Å²) in [7, 11) is 1.53. The molecule has 0 spiro atoms. The second kappa shape index (κ2) is 9.55. The number of hydrogen-bond acceptors (Lipinski definition) is 4. The van der Waals surface area contributed by atoms with Gasteiger partial charge < -0.3 is 20.5 Å². The quantitative estimate of drug-likeness (QED) is 0.648. The summed E-state index contributed by atoms with van der Waals surface area (Å²) < 4.78 is 5.08. The number of ether oxygens (including phenoxy) is 1. The van der Waals surface area contributed by atoms with Crippen LogP contribution in [0.1, 0.15) is 35.8 Å². The highest BCUT2D eigenvalue weighted by Gasteiger charge is 2.27. The zero-order valence-electron chi connectivity index (χ0n) is 16.0. The van der Waals surface area contributed by atoms with Crippen LogP contribution in [0.15, 0.2) is 54.6 Å². The molecule has 0 radical (unpaired) electrons. The van der Waals surface area contributed by atoms with Gasteiger partial charge in [0.15, 0.2) is 0 Å². The Morgan fingerprint density at radius 3 is 2.07 bits per heavy atom. The van der Waals surface area contributed by atoms with Gasteiger partial charge in [0, 0.05) is 11.6 Å². The van der Waals surface area contributed by atoms with Crippen LogP contribution < -0.4 is 15.4 Å². The lowest BCUT2D eigenvalue weighted by molar-refractivity contribution is -0.142. The van der Waals surface area contributed by atoms with Gasteiger partial charge in [-0.3, -0.25) is 14.4 Å². The van der Waals surface area contributed by atoms with Gasteiger partial charge in [0.1, 0.15) is 11.8 Å². The van der Waals surface area contributed by atoms with Crippen LogP contribution in [0.25, 0.3) is 0 Å². The predicted molar refractivity (Wildman–Crippen MR) is 104 cm³/mol. The lowest BCUT2D eigenvalue weighted by Gasteiger charge is -2.23. The van der Waals surface area contributed by atoms with Crippen molar-refractivity contribution in [2.24, 2.45) is 5.92 Å². The monoisotopic (exact) mass is 384 g/mol. The number of carbonyl (C=O) groups is 3. The van der Waals surface area contributed by atoms with Gasteiger partial charge in [-0.1, -0.05) is 30.3 Å². The largest absolute Gasteiger partial charge is 0.497 e. The molecule has 7 nitrogen and oxygen atoms in total. The molecule has 3 atom stereocenters. The van der Waals surface area contributed by atoms with Gasteiger partial charge in [0.2, 0.25) is 5.91 Å². The number of benzene rings is 2. The third kappa shape index (κ3) is 5.33. The molecule has 28 heavy (non-hydrogen) atoms. The Balaban J connectivity index is 2.20. The zero-order valence-corrected chi connectivity index (χ0v) is 16.0. The normalized spacial score (nSPS) is 13.7. The standard InChI is InChI=1S/C21H24N2O5/c1-13(21(26)27)14(2)22-20(25)18(15-7-5-4-6-8-15)23-19(24)16-9-11-17(28-3)12-10-16/h4-14,18H,1-3H3,(H,22,25)(H,23,24)(H,26,27). The molecule has 2 amide bonds. The molecule has 0 fully saturated rings. The van der Waals surface area contributed by atoms with Gasteiger partial charge in [0.05, 0.1) is 13.0 Å².